The van der Waals surface area contributed by atoms with Gasteiger partial charge in [0, 0.05) is 44.6 Å². The lowest BCUT2D eigenvalue weighted by Crippen LogP contribution is -2.45. The highest BCUT2D eigenvalue weighted by atomic mass is 127. The van der Waals surface area contributed by atoms with E-state index in [1.165, 1.54) is 0 Å². The number of halogens is 3. The highest BCUT2D eigenvalue weighted by Crippen LogP contribution is 2.25. The zero-order valence-corrected chi connectivity index (χ0v) is 19.3. The first kappa shape index (κ1) is 22.8. The van der Waals surface area contributed by atoms with Crippen molar-refractivity contribution in [3.05, 3.63) is 46.7 Å². The van der Waals surface area contributed by atoms with Gasteiger partial charge in [-0.2, -0.15) is 0 Å². The topological polar surface area (TPSA) is 74.7 Å². The van der Waals surface area contributed by atoms with Gasteiger partial charge in [-0.25, -0.2) is 9.97 Å². The molecule has 2 N–H and O–H groups in total. The summed E-state index contributed by atoms with van der Waals surface area (Å²) in [5, 5.41) is 7.93. The average molecular weight is 537 g/mol. The number of pyridine rings is 2. The summed E-state index contributed by atoms with van der Waals surface area (Å²) < 4.78 is 5.57. The van der Waals surface area contributed by atoms with Gasteiger partial charge in [-0.1, -0.05) is 23.2 Å². The lowest BCUT2D eigenvalue weighted by Gasteiger charge is -2.20. The maximum Gasteiger partial charge on any atom is 0.213 e. The van der Waals surface area contributed by atoms with Crippen molar-refractivity contribution in [3.63, 3.8) is 0 Å². The zero-order valence-electron chi connectivity index (χ0n) is 15.4. The molecule has 0 bridgehead atoms. The minimum absolute atomic E-state index is 0. The third-order valence-electron chi connectivity index (χ3n) is 4.14. The first-order valence-corrected chi connectivity index (χ1v) is 9.48. The quantitative estimate of drug-likeness (QED) is 0.255. The second-order valence-electron chi connectivity index (χ2n) is 6.05. The van der Waals surface area contributed by atoms with E-state index >= 15 is 0 Å². The fourth-order valence-corrected chi connectivity index (χ4v) is 3.19. The van der Waals surface area contributed by atoms with Crippen molar-refractivity contribution in [2.75, 3.05) is 38.2 Å². The molecule has 0 saturated carbocycles. The van der Waals surface area contributed by atoms with Gasteiger partial charge in [0.2, 0.25) is 5.88 Å². The Labute approximate surface area is 191 Å². The molecule has 0 spiro atoms. The van der Waals surface area contributed by atoms with E-state index in [-0.39, 0.29) is 30.0 Å². The van der Waals surface area contributed by atoms with E-state index in [4.69, 9.17) is 27.9 Å². The Morgan fingerprint density at radius 3 is 2.89 bits per heavy atom. The SMILES string of the molecule is CN=C(NCCOc1ccc(Cl)cn1)NC1CCN(c2ncccc2Cl)C1.I. The molecule has 1 aliphatic heterocycles. The number of nitrogens with zero attached hydrogens (tertiary/aromatic N) is 4. The molecule has 10 heteroatoms. The fraction of sp³-hybridized carbons (Fsp3) is 0.389. The minimum Gasteiger partial charge on any atom is -0.476 e. The third-order valence-corrected chi connectivity index (χ3v) is 4.65. The molecular formula is C18H23Cl2IN6O. The van der Waals surface area contributed by atoms with Crippen molar-refractivity contribution in [3.8, 4) is 5.88 Å². The summed E-state index contributed by atoms with van der Waals surface area (Å²) in [4.78, 5) is 14.9. The van der Waals surface area contributed by atoms with Gasteiger partial charge >= 0.3 is 0 Å². The molecule has 0 amide bonds. The first-order valence-electron chi connectivity index (χ1n) is 8.72. The Morgan fingerprint density at radius 1 is 1.32 bits per heavy atom. The van der Waals surface area contributed by atoms with E-state index in [1.807, 2.05) is 12.1 Å². The molecule has 2 aromatic rings. The monoisotopic (exact) mass is 536 g/mol. The van der Waals surface area contributed by atoms with Crippen LogP contribution in [0, 0.1) is 0 Å². The summed E-state index contributed by atoms with van der Waals surface area (Å²) in [6, 6.07) is 7.46. The number of hydrogen-bond donors (Lipinski definition) is 2. The molecule has 1 aliphatic rings. The maximum absolute atomic E-state index is 6.24. The minimum atomic E-state index is 0. The molecule has 0 aromatic carbocycles. The van der Waals surface area contributed by atoms with E-state index in [0.717, 1.165) is 31.3 Å². The van der Waals surface area contributed by atoms with Gasteiger partial charge in [0.1, 0.15) is 12.4 Å². The highest BCUT2D eigenvalue weighted by molar-refractivity contribution is 14.0. The van der Waals surface area contributed by atoms with Gasteiger partial charge in [0.25, 0.3) is 0 Å². The summed E-state index contributed by atoms with van der Waals surface area (Å²) in [5.41, 5.74) is 0. The van der Waals surface area contributed by atoms with Crippen molar-refractivity contribution in [2.24, 2.45) is 4.99 Å². The molecule has 0 radical (unpaired) electrons. The van der Waals surface area contributed by atoms with Gasteiger partial charge in [-0.15, -0.1) is 24.0 Å². The number of guanidine groups is 1. The van der Waals surface area contributed by atoms with Crippen LogP contribution in [0.3, 0.4) is 0 Å². The summed E-state index contributed by atoms with van der Waals surface area (Å²) in [5.74, 6) is 2.11. The second kappa shape index (κ2) is 11.5. The van der Waals surface area contributed by atoms with E-state index in [0.29, 0.717) is 29.1 Å². The van der Waals surface area contributed by atoms with Crippen molar-refractivity contribution in [2.45, 2.75) is 12.5 Å². The van der Waals surface area contributed by atoms with E-state index in [1.54, 1.807) is 31.6 Å². The van der Waals surface area contributed by atoms with Crippen LogP contribution in [0.5, 0.6) is 5.88 Å². The number of rotatable bonds is 6. The van der Waals surface area contributed by atoms with Crippen LogP contribution < -0.4 is 20.3 Å². The van der Waals surface area contributed by atoms with Gasteiger partial charge in [-0.05, 0) is 24.6 Å². The van der Waals surface area contributed by atoms with E-state index < -0.39 is 0 Å². The molecule has 2 aromatic heterocycles. The van der Waals surface area contributed by atoms with E-state index in [2.05, 4.69) is 30.5 Å². The molecule has 1 fully saturated rings. The van der Waals surface area contributed by atoms with Crippen LogP contribution in [0.2, 0.25) is 10.0 Å². The van der Waals surface area contributed by atoms with Crippen LogP contribution in [0.1, 0.15) is 6.42 Å². The largest absolute Gasteiger partial charge is 0.476 e. The number of hydrogen-bond acceptors (Lipinski definition) is 5. The Balaban J connectivity index is 0.00000280. The Hall–Kier alpha value is -1.52. The molecular weight excluding hydrogens is 514 g/mol. The summed E-state index contributed by atoms with van der Waals surface area (Å²) in [7, 11) is 1.75. The van der Waals surface area contributed by atoms with Gasteiger partial charge in [-0.3, -0.25) is 4.99 Å². The normalized spacial score (nSPS) is 16.5. The summed E-state index contributed by atoms with van der Waals surface area (Å²) in [6.07, 6.45) is 4.31. The van der Waals surface area contributed by atoms with Crippen LogP contribution in [-0.2, 0) is 0 Å². The average Bonchev–Trinajstić information content (AvgIpc) is 3.14. The van der Waals surface area contributed by atoms with E-state index in [9.17, 15) is 0 Å². The predicted molar refractivity (Wildman–Crippen MR) is 125 cm³/mol. The van der Waals surface area contributed by atoms with Crippen LogP contribution in [0.4, 0.5) is 5.82 Å². The van der Waals surface area contributed by atoms with Crippen LogP contribution in [0.15, 0.2) is 41.7 Å². The van der Waals surface area contributed by atoms with Gasteiger partial charge in [0.15, 0.2) is 5.96 Å². The molecule has 3 heterocycles. The number of anilines is 1. The smallest absolute Gasteiger partial charge is 0.213 e. The predicted octanol–water partition coefficient (Wildman–Crippen LogP) is 3.22. The summed E-state index contributed by atoms with van der Waals surface area (Å²) in [6.45, 7) is 2.79. The lowest BCUT2D eigenvalue weighted by molar-refractivity contribution is 0.309. The maximum atomic E-state index is 6.24. The van der Waals surface area contributed by atoms with Crippen molar-refractivity contribution in [1.82, 2.24) is 20.6 Å². The van der Waals surface area contributed by atoms with Crippen molar-refractivity contribution >= 4 is 59.0 Å². The fourth-order valence-electron chi connectivity index (χ4n) is 2.84. The second-order valence-corrected chi connectivity index (χ2v) is 6.89. The lowest BCUT2D eigenvalue weighted by atomic mass is 10.3. The summed E-state index contributed by atoms with van der Waals surface area (Å²) >= 11 is 12.0. The van der Waals surface area contributed by atoms with Crippen molar-refractivity contribution in [1.29, 1.82) is 0 Å². The Kier molecular flexibility index (Phi) is 9.33. The Morgan fingerprint density at radius 2 is 2.18 bits per heavy atom. The van der Waals surface area contributed by atoms with Crippen LogP contribution in [0.25, 0.3) is 0 Å². The van der Waals surface area contributed by atoms with Gasteiger partial charge in [0.05, 0.1) is 16.6 Å². The molecule has 152 valence electrons. The van der Waals surface area contributed by atoms with Crippen LogP contribution >= 0.6 is 47.2 Å². The Bertz CT molecular complexity index is 777. The third kappa shape index (κ3) is 6.52. The number of aromatic nitrogens is 2. The highest BCUT2D eigenvalue weighted by Gasteiger charge is 2.25. The number of aliphatic imine (C=N–C) groups is 1. The molecule has 1 saturated heterocycles. The standard InChI is InChI=1S/C18H22Cl2N6O.HI/c1-21-18(23-8-10-27-16-5-4-13(19)11-24-16)25-14-6-9-26(12-14)17-15(20)3-2-7-22-17;/h2-5,7,11,14H,6,8-10,12H2,1H3,(H2,21,23,25);1H. The van der Waals surface area contributed by atoms with Crippen molar-refractivity contribution < 1.29 is 4.74 Å². The number of ether oxygens (including phenoxy) is 1. The number of nitrogens with one attached hydrogen (secondary N) is 2. The molecule has 28 heavy (non-hydrogen) atoms. The first-order chi connectivity index (χ1) is 13.2. The van der Waals surface area contributed by atoms with Crippen LogP contribution in [-0.4, -0.2) is 55.3 Å². The molecule has 0 aliphatic carbocycles. The van der Waals surface area contributed by atoms with Gasteiger partial charge < -0.3 is 20.3 Å². The zero-order chi connectivity index (χ0) is 19.1. The molecule has 7 nitrogen and oxygen atoms in total. The molecule has 3 rings (SSSR count). The molecule has 1 atom stereocenters. The molecule has 1 unspecified atom stereocenters.